The summed E-state index contributed by atoms with van der Waals surface area (Å²) in [5, 5.41) is 98.4. The number of carbonyl (C=O) groups excluding carboxylic acids is 2. The molecule has 0 aromatic carbocycles. The Morgan fingerprint density at radius 3 is 1.89 bits per heavy atom. The van der Waals surface area contributed by atoms with E-state index in [1.165, 1.54) is 0 Å². The van der Waals surface area contributed by atoms with Crippen LogP contribution in [-0.4, -0.2) is 188 Å². The molecule has 1 aliphatic carbocycles. The van der Waals surface area contributed by atoms with E-state index in [9.17, 15) is 55.5 Å². The highest BCUT2D eigenvalue weighted by molar-refractivity contribution is 5.81. The van der Waals surface area contributed by atoms with Gasteiger partial charge < -0.3 is 98.5 Å². The minimum Gasteiger partial charge on any atom is -0.394 e. The first-order valence-electron chi connectivity index (χ1n) is 15.3. The van der Waals surface area contributed by atoms with Crippen LogP contribution in [0.2, 0.25) is 0 Å². The zero-order chi connectivity index (χ0) is 35.2. The predicted molar refractivity (Wildman–Crippen MR) is 155 cm³/mol. The molecule has 1 saturated carbocycles. The van der Waals surface area contributed by atoms with Crippen molar-refractivity contribution in [3.05, 3.63) is 0 Å². The number of ether oxygens (including phenoxy) is 4. The standard InChI is InChI=1S/C26H50N6O15/c27-3-1-10(34)23(42)31-6-12-16(37)18(39)19(40)26(44-12)46-21-8(29)5-9(32-24(43)11(35)2-4-28)22(20(21)41)47-25-17(38)14(30)15(36)13(7-33)45-25/h8-22,25-26,33-41H,1-7,27-30H2,(H,31,42)(H,32,43)/t8-,9+,10-,11+,12-,13+,14-,15+,16-,17+,18+,19-,20-,21+,22-,25+,26-/m1/s1. The molecule has 2 saturated heterocycles. The summed E-state index contributed by atoms with van der Waals surface area (Å²) < 4.78 is 22.8. The fourth-order valence-electron chi connectivity index (χ4n) is 5.65. The number of aliphatic hydroxyl groups excluding tert-OH is 9. The van der Waals surface area contributed by atoms with Crippen molar-refractivity contribution in [3.8, 4) is 0 Å². The Labute approximate surface area is 269 Å². The van der Waals surface area contributed by atoms with Gasteiger partial charge in [0.25, 0.3) is 0 Å². The SMILES string of the molecule is NCC[C@@H](O)C(=O)NC[C@H]1O[C@H](O[C@@H]2[C@@H](O)[C@H](O[C@@H]3O[C@@H](CO)[C@H](O)[C@@H](N)[C@@H]3O)[C@@H](NC(=O)[C@@H](O)CCN)C[C@H]2N)[C@H](O)[C@@H](O)[C@@H]1O. The Morgan fingerprint density at radius 1 is 0.745 bits per heavy atom. The van der Waals surface area contributed by atoms with Crippen molar-refractivity contribution in [1.29, 1.82) is 0 Å². The Kier molecular flexibility index (Phi) is 15.0. The number of amides is 2. The van der Waals surface area contributed by atoms with Gasteiger partial charge in [-0.1, -0.05) is 0 Å². The zero-order valence-corrected chi connectivity index (χ0v) is 25.5. The summed E-state index contributed by atoms with van der Waals surface area (Å²) in [4.78, 5) is 24.8. The lowest BCUT2D eigenvalue weighted by Crippen LogP contribution is -2.69. The third-order valence-corrected chi connectivity index (χ3v) is 8.50. The minimum absolute atomic E-state index is 0.0219. The van der Waals surface area contributed by atoms with Gasteiger partial charge in [0, 0.05) is 12.6 Å². The maximum atomic E-state index is 12.7. The van der Waals surface area contributed by atoms with Crippen molar-refractivity contribution in [2.45, 2.75) is 123 Å². The molecule has 0 aromatic rings. The van der Waals surface area contributed by atoms with Crippen molar-refractivity contribution in [3.63, 3.8) is 0 Å². The minimum atomic E-state index is -1.89. The number of carbonyl (C=O) groups is 2. The zero-order valence-electron chi connectivity index (χ0n) is 25.5. The molecule has 2 amide bonds. The van der Waals surface area contributed by atoms with Crippen LogP contribution >= 0.6 is 0 Å². The summed E-state index contributed by atoms with van der Waals surface area (Å²) in [6.07, 6.45) is -22.9. The van der Waals surface area contributed by atoms with Crippen LogP contribution in [0.1, 0.15) is 19.3 Å². The molecule has 0 spiro atoms. The highest BCUT2D eigenvalue weighted by Gasteiger charge is 2.52. The third-order valence-electron chi connectivity index (χ3n) is 8.50. The maximum Gasteiger partial charge on any atom is 0.249 e. The molecule has 21 nitrogen and oxygen atoms in total. The summed E-state index contributed by atoms with van der Waals surface area (Å²) in [6.45, 7) is -1.15. The van der Waals surface area contributed by atoms with Crippen molar-refractivity contribution in [2.24, 2.45) is 22.9 Å². The second-order valence-corrected chi connectivity index (χ2v) is 11.9. The fourth-order valence-corrected chi connectivity index (χ4v) is 5.65. The molecule has 3 fully saturated rings. The van der Waals surface area contributed by atoms with Crippen LogP contribution in [0, 0.1) is 0 Å². The summed E-state index contributed by atoms with van der Waals surface area (Å²) >= 11 is 0. The molecule has 17 atom stereocenters. The molecule has 2 aliphatic heterocycles. The highest BCUT2D eigenvalue weighted by Crippen LogP contribution is 2.32. The quantitative estimate of drug-likeness (QED) is 0.0806. The highest BCUT2D eigenvalue weighted by atomic mass is 16.7. The lowest BCUT2D eigenvalue weighted by atomic mass is 9.83. The number of hydrogen-bond donors (Lipinski definition) is 15. The molecule has 3 aliphatic rings. The maximum absolute atomic E-state index is 12.7. The van der Waals surface area contributed by atoms with Crippen molar-refractivity contribution < 1.29 is 74.5 Å². The lowest BCUT2D eigenvalue weighted by molar-refractivity contribution is -0.333. The molecule has 19 N–H and O–H groups in total. The fraction of sp³-hybridized carbons (Fsp3) is 0.923. The summed E-state index contributed by atoms with van der Waals surface area (Å²) in [5.41, 5.74) is 23.0. The van der Waals surface area contributed by atoms with Gasteiger partial charge in [-0.15, -0.1) is 0 Å². The van der Waals surface area contributed by atoms with E-state index in [1.807, 2.05) is 0 Å². The first-order chi connectivity index (χ1) is 22.2. The van der Waals surface area contributed by atoms with Crippen LogP contribution in [0.5, 0.6) is 0 Å². The number of nitrogens with two attached hydrogens (primary N) is 4. The predicted octanol–water partition coefficient (Wildman–Crippen LogP) is -9.56. The van der Waals surface area contributed by atoms with Gasteiger partial charge in [0.05, 0.1) is 18.7 Å². The average Bonchev–Trinajstić information content (AvgIpc) is 3.03. The van der Waals surface area contributed by atoms with E-state index in [2.05, 4.69) is 10.6 Å². The van der Waals surface area contributed by atoms with E-state index < -0.39 is 129 Å². The number of rotatable bonds is 14. The molecule has 274 valence electrons. The number of nitrogens with one attached hydrogen (secondary N) is 2. The van der Waals surface area contributed by atoms with Gasteiger partial charge >= 0.3 is 0 Å². The Balaban J connectivity index is 1.82. The molecular weight excluding hydrogens is 636 g/mol. The average molecular weight is 687 g/mol. The Bertz CT molecular complexity index is 1000. The van der Waals surface area contributed by atoms with Gasteiger partial charge in [0.2, 0.25) is 11.8 Å². The summed E-state index contributed by atoms with van der Waals surface area (Å²) in [6, 6.07) is -3.66. The number of hydrogen-bond acceptors (Lipinski definition) is 19. The van der Waals surface area contributed by atoms with Gasteiger partial charge in [0.15, 0.2) is 12.6 Å². The second kappa shape index (κ2) is 17.8. The van der Waals surface area contributed by atoms with E-state index >= 15 is 0 Å². The lowest BCUT2D eigenvalue weighted by Gasteiger charge is -2.49. The largest absolute Gasteiger partial charge is 0.394 e. The van der Waals surface area contributed by atoms with Gasteiger partial charge in [-0.2, -0.15) is 0 Å². The van der Waals surface area contributed by atoms with E-state index in [0.717, 1.165) is 0 Å². The van der Waals surface area contributed by atoms with E-state index in [0.29, 0.717) is 0 Å². The van der Waals surface area contributed by atoms with E-state index in [4.69, 9.17) is 41.9 Å². The summed E-state index contributed by atoms with van der Waals surface area (Å²) in [7, 11) is 0. The number of aliphatic hydroxyl groups is 9. The van der Waals surface area contributed by atoms with E-state index in [-0.39, 0.29) is 32.4 Å². The molecule has 0 bridgehead atoms. The van der Waals surface area contributed by atoms with Crippen LogP contribution in [0.3, 0.4) is 0 Å². The van der Waals surface area contributed by atoms with Crippen molar-refractivity contribution in [2.75, 3.05) is 26.2 Å². The first-order valence-corrected chi connectivity index (χ1v) is 15.3. The van der Waals surface area contributed by atoms with Crippen LogP contribution in [0.15, 0.2) is 0 Å². The topological polar surface area (TPSA) is 381 Å². The molecular formula is C26H50N6O15. The van der Waals surface area contributed by atoms with Crippen LogP contribution in [0.4, 0.5) is 0 Å². The molecule has 0 unspecified atom stereocenters. The monoisotopic (exact) mass is 686 g/mol. The van der Waals surface area contributed by atoms with Gasteiger partial charge in [0.1, 0.15) is 73.2 Å². The van der Waals surface area contributed by atoms with Crippen LogP contribution in [0.25, 0.3) is 0 Å². The van der Waals surface area contributed by atoms with Crippen LogP contribution < -0.4 is 33.6 Å². The Morgan fingerprint density at radius 2 is 1.30 bits per heavy atom. The molecule has 3 rings (SSSR count). The van der Waals surface area contributed by atoms with Gasteiger partial charge in [-0.3, -0.25) is 9.59 Å². The first kappa shape index (κ1) is 39.7. The smallest absolute Gasteiger partial charge is 0.249 e. The Hall–Kier alpha value is -1.74. The van der Waals surface area contributed by atoms with Gasteiger partial charge in [-0.05, 0) is 32.4 Å². The molecule has 21 heteroatoms. The third kappa shape index (κ3) is 9.49. The van der Waals surface area contributed by atoms with Crippen molar-refractivity contribution in [1.82, 2.24) is 10.6 Å². The van der Waals surface area contributed by atoms with Crippen molar-refractivity contribution >= 4 is 11.8 Å². The van der Waals surface area contributed by atoms with Crippen LogP contribution in [-0.2, 0) is 28.5 Å². The second-order valence-electron chi connectivity index (χ2n) is 11.9. The molecule has 0 radical (unpaired) electrons. The normalized spacial score (nSPS) is 42.4. The summed E-state index contributed by atoms with van der Waals surface area (Å²) in [5.74, 6) is -1.72. The van der Waals surface area contributed by atoms with Gasteiger partial charge in [-0.25, -0.2) is 0 Å². The van der Waals surface area contributed by atoms with E-state index in [1.54, 1.807) is 0 Å². The molecule has 2 heterocycles. The molecule has 0 aromatic heterocycles. The molecule has 47 heavy (non-hydrogen) atoms.